The molecule has 0 atom stereocenters. The lowest BCUT2D eigenvalue weighted by molar-refractivity contribution is 0.556. The minimum absolute atomic E-state index is 0.106. The quantitative estimate of drug-likeness (QED) is 0.171. The molecule has 0 amide bonds. The minimum atomic E-state index is -3.52. The molecule has 0 aliphatic rings. The molecule has 0 saturated heterocycles. The molecular weight excluding hydrogens is 502 g/mol. The molecule has 0 radical (unpaired) electrons. The third-order valence-corrected chi connectivity index (χ3v) is 9.28. The molecule has 0 fully saturated rings. The summed E-state index contributed by atoms with van der Waals surface area (Å²) in [5.74, 6) is -0.484. The predicted molar refractivity (Wildman–Crippen MR) is 137 cm³/mol. The molecule has 1 heterocycles. The number of nitrogens with zero attached hydrogens (tertiary/aromatic N) is 2. The molecule has 3 aromatic rings. The maximum atomic E-state index is 12.6. The Morgan fingerprint density at radius 1 is 0.667 bits per heavy atom. The summed E-state index contributed by atoms with van der Waals surface area (Å²) in [6, 6.07) is 11.7. The van der Waals surface area contributed by atoms with Crippen molar-refractivity contribution in [3.8, 4) is 0 Å². The highest BCUT2D eigenvalue weighted by atomic mass is 32.2. The molecule has 13 heteroatoms. The third kappa shape index (κ3) is 6.49. The van der Waals surface area contributed by atoms with Crippen LogP contribution in [0.4, 0.5) is 0 Å². The smallest absolute Gasteiger partial charge is 0.202 e. The van der Waals surface area contributed by atoms with Crippen molar-refractivity contribution in [2.24, 2.45) is 11.5 Å². The van der Waals surface area contributed by atoms with Gasteiger partial charge in [-0.1, -0.05) is 24.3 Å². The average molecular weight is 532 g/mol. The Hall–Kier alpha value is -3.71. The van der Waals surface area contributed by atoms with Crippen molar-refractivity contribution in [2.75, 3.05) is 11.5 Å². The maximum absolute atomic E-state index is 12.6. The van der Waals surface area contributed by atoms with Crippen LogP contribution in [-0.2, 0) is 32.8 Å². The van der Waals surface area contributed by atoms with E-state index in [4.69, 9.17) is 27.7 Å². The first kappa shape index (κ1) is 26.9. The first-order valence-corrected chi connectivity index (χ1v) is 14.4. The molecule has 0 unspecified atom stereocenters. The summed E-state index contributed by atoms with van der Waals surface area (Å²) in [6.45, 7) is 0.634. The highest BCUT2D eigenvalue weighted by Gasteiger charge is 2.16. The summed E-state index contributed by atoms with van der Waals surface area (Å²) in [6.07, 6.45) is 3.93. The van der Waals surface area contributed by atoms with Crippen molar-refractivity contribution in [3.63, 3.8) is 0 Å². The number of nitrogen functional groups attached to an aromatic ring is 2. The van der Waals surface area contributed by atoms with Crippen LogP contribution in [0.1, 0.15) is 24.0 Å². The van der Waals surface area contributed by atoms with Crippen molar-refractivity contribution in [3.05, 3.63) is 77.7 Å². The number of benzene rings is 2. The van der Waals surface area contributed by atoms with Crippen LogP contribution in [0.25, 0.3) is 0 Å². The Morgan fingerprint density at radius 3 is 1.31 bits per heavy atom. The maximum Gasteiger partial charge on any atom is 0.202 e. The number of nitrogens with one attached hydrogen (secondary N) is 3. The number of sulfone groups is 2. The molecule has 2 aromatic carbocycles. The highest BCUT2D eigenvalue weighted by Crippen LogP contribution is 2.15. The predicted octanol–water partition coefficient (Wildman–Crippen LogP) is 1.07. The number of hydrogen-bond acceptors (Lipinski definition) is 7. The van der Waals surface area contributed by atoms with Crippen molar-refractivity contribution in [2.45, 2.75) is 35.7 Å². The minimum Gasteiger partial charge on any atom is -0.384 e. The summed E-state index contributed by atoms with van der Waals surface area (Å²) < 4.78 is 53.5. The van der Waals surface area contributed by atoms with Gasteiger partial charge in [0.2, 0.25) is 5.62 Å². The van der Waals surface area contributed by atoms with Crippen LogP contribution < -0.4 is 17.1 Å². The van der Waals surface area contributed by atoms with Crippen LogP contribution in [0.3, 0.4) is 0 Å². The monoisotopic (exact) mass is 531 g/mol. The fourth-order valence-electron chi connectivity index (χ4n) is 3.60. The second-order valence-corrected chi connectivity index (χ2v) is 12.4. The second-order valence-electron chi connectivity index (χ2n) is 8.23. The number of aromatic nitrogens is 2. The molecule has 7 N–H and O–H groups in total. The van der Waals surface area contributed by atoms with Gasteiger partial charge in [0.05, 0.1) is 21.3 Å². The SMILES string of the molecule is N=C(N)c1ccc(S(=O)(=O)CCCn2ccn(CCCS(=O)(=O)c3ccc(C(=N)N)cc3)c2=N)cc1. The van der Waals surface area contributed by atoms with E-state index in [1.807, 2.05) is 0 Å². The van der Waals surface area contributed by atoms with Gasteiger partial charge >= 0.3 is 0 Å². The fourth-order valence-corrected chi connectivity index (χ4v) is 6.19. The van der Waals surface area contributed by atoms with E-state index in [1.54, 1.807) is 21.5 Å². The van der Waals surface area contributed by atoms with E-state index < -0.39 is 19.7 Å². The highest BCUT2D eigenvalue weighted by molar-refractivity contribution is 7.91. The zero-order valence-corrected chi connectivity index (χ0v) is 21.1. The molecule has 0 bridgehead atoms. The van der Waals surface area contributed by atoms with Crippen LogP contribution in [0.15, 0.2) is 70.7 Å². The van der Waals surface area contributed by atoms with Crippen LogP contribution in [-0.4, -0.2) is 49.1 Å². The molecule has 192 valence electrons. The van der Waals surface area contributed by atoms with Crippen molar-refractivity contribution < 1.29 is 16.8 Å². The summed E-state index contributed by atoms with van der Waals surface area (Å²) in [4.78, 5) is 0.302. The molecule has 36 heavy (non-hydrogen) atoms. The number of amidine groups is 2. The van der Waals surface area contributed by atoms with Crippen LogP contribution in [0, 0.1) is 16.2 Å². The number of hydrogen-bond donors (Lipinski definition) is 5. The van der Waals surface area contributed by atoms with Crippen molar-refractivity contribution in [1.82, 2.24) is 9.13 Å². The summed E-state index contributed by atoms with van der Waals surface area (Å²) in [5.41, 5.74) is 11.8. The van der Waals surface area contributed by atoms with E-state index in [0.717, 1.165) is 0 Å². The van der Waals surface area contributed by atoms with E-state index in [1.165, 1.54) is 48.5 Å². The van der Waals surface area contributed by atoms with Gasteiger partial charge in [0.1, 0.15) is 11.7 Å². The van der Waals surface area contributed by atoms with Gasteiger partial charge in [0.25, 0.3) is 0 Å². The van der Waals surface area contributed by atoms with Gasteiger partial charge in [-0.15, -0.1) is 0 Å². The van der Waals surface area contributed by atoms with E-state index in [0.29, 0.717) is 37.1 Å². The Morgan fingerprint density at radius 2 is 1.00 bits per heavy atom. The Balaban J connectivity index is 1.53. The van der Waals surface area contributed by atoms with Gasteiger partial charge in [-0.3, -0.25) is 16.2 Å². The molecular formula is C23H29N7O4S2. The van der Waals surface area contributed by atoms with Gasteiger partial charge in [-0.05, 0) is 37.1 Å². The molecule has 3 rings (SSSR count). The summed E-state index contributed by atoms with van der Waals surface area (Å²) in [7, 11) is -7.04. The van der Waals surface area contributed by atoms with Crippen molar-refractivity contribution >= 4 is 31.3 Å². The molecule has 0 aliphatic carbocycles. The average Bonchev–Trinajstić information content (AvgIpc) is 3.18. The number of rotatable bonds is 12. The lowest BCUT2D eigenvalue weighted by atomic mass is 10.2. The number of imidazole rings is 1. The van der Waals surface area contributed by atoms with Gasteiger partial charge in [-0.25, -0.2) is 16.8 Å². The first-order valence-electron chi connectivity index (χ1n) is 11.1. The zero-order valence-electron chi connectivity index (χ0n) is 19.5. The standard InChI is InChI=1S/C23H29N7O4S2/c24-21(25)17-3-7-19(8-4-17)35(31,32)15-1-11-29-13-14-30(23(29)28)12-2-16-36(33,34)20-9-5-18(6-10-20)22(26)27/h3-10,13-14,28H,1-2,11-12,15-16H2,(H3,24,25)(H3,26,27). The van der Waals surface area contributed by atoms with Gasteiger partial charge in [-0.2, -0.15) is 0 Å². The van der Waals surface area contributed by atoms with Crippen LogP contribution in [0.2, 0.25) is 0 Å². The van der Waals surface area contributed by atoms with Gasteiger partial charge in [0, 0.05) is 36.6 Å². The first-order chi connectivity index (χ1) is 16.9. The van der Waals surface area contributed by atoms with Gasteiger partial charge in [0.15, 0.2) is 19.7 Å². The second kappa shape index (κ2) is 10.9. The van der Waals surface area contributed by atoms with Crippen molar-refractivity contribution in [1.29, 1.82) is 16.2 Å². The lowest BCUT2D eigenvalue weighted by Gasteiger charge is -2.08. The molecule has 0 spiro atoms. The van der Waals surface area contributed by atoms with E-state index in [9.17, 15) is 16.8 Å². The molecule has 0 aliphatic heterocycles. The Kier molecular flexibility index (Phi) is 8.15. The molecule has 1 aromatic heterocycles. The normalized spacial score (nSPS) is 11.9. The zero-order chi connectivity index (χ0) is 26.5. The van der Waals surface area contributed by atoms with E-state index >= 15 is 0 Å². The molecule has 0 saturated carbocycles. The number of aryl methyl sites for hydroxylation is 2. The fraction of sp³-hybridized carbons (Fsp3) is 0.261. The molecule has 11 nitrogen and oxygen atoms in total. The number of nitrogens with two attached hydrogens (primary N) is 2. The summed E-state index contributed by atoms with van der Waals surface area (Å²) >= 11 is 0. The topological polar surface area (TPSA) is 202 Å². The van der Waals surface area contributed by atoms with Gasteiger partial charge < -0.3 is 20.6 Å². The van der Waals surface area contributed by atoms with E-state index in [-0.39, 0.29) is 38.6 Å². The Bertz CT molecular complexity index is 1410. The Labute approximate surface area is 209 Å². The lowest BCUT2D eigenvalue weighted by Crippen LogP contribution is -2.26. The van der Waals surface area contributed by atoms with Crippen LogP contribution in [0.5, 0.6) is 0 Å². The van der Waals surface area contributed by atoms with E-state index in [2.05, 4.69) is 0 Å². The van der Waals surface area contributed by atoms with Crippen LogP contribution >= 0.6 is 0 Å². The summed E-state index contributed by atoms with van der Waals surface area (Å²) in [5, 5.41) is 23.1. The largest absolute Gasteiger partial charge is 0.384 e. The third-order valence-electron chi connectivity index (χ3n) is 5.64.